The van der Waals surface area contributed by atoms with Gasteiger partial charge in [-0.3, -0.25) is 4.79 Å². The van der Waals surface area contributed by atoms with Crippen LogP contribution in [0.4, 0.5) is 0 Å². The zero-order chi connectivity index (χ0) is 13.1. The Morgan fingerprint density at radius 2 is 1.82 bits per heavy atom. The maximum absolute atomic E-state index is 11.5. The van der Waals surface area contributed by atoms with E-state index >= 15 is 0 Å². The minimum Gasteiger partial charge on any atom is -0.396 e. The molecule has 0 aliphatic carbocycles. The summed E-state index contributed by atoms with van der Waals surface area (Å²) in [5.74, 6) is 0.0622. The lowest BCUT2D eigenvalue weighted by molar-refractivity contribution is -0.121. The zero-order valence-electron chi connectivity index (χ0n) is 11.5. The molecular weight excluding hydrogens is 216 g/mol. The molecular formula is C13H28N2O2. The van der Waals surface area contributed by atoms with Crippen molar-refractivity contribution in [2.24, 2.45) is 0 Å². The highest BCUT2D eigenvalue weighted by Gasteiger charge is 2.16. The molecule has 0 saturated heterocycles. The van der Waals surface area contributed by atoms with E-state index in [4.69, 9.17) is 5.11 Å². The van der Waals surface area contributed by atoms with Crippen LogP contribution in [0.15, 0.2) is 0 Å². The van der Waals surface area contributed by atoms with Gasteiger partial charge in [0.05, 0.1) is 6.54 Å². The molecule has 4 heteroatoms. The van der Waals surface area contributed by atoms with E-state index in [1.165, 1.54) is 0 Å². The van der Waals surface area contributed by atoms with Crippen LogP contribution in [0.5, 0.6) is 0 Å². The van der Waals surface area contributed by atoms with Gasteiger partial charge in [-0.2, -0.15) is 0 Å². The first-order chi connectivity index (χ1) is 8.02. The highest BCUT2D eigenvalue weighted by Crippen LogP contribution is 2.05. The van der Waals surface area contributed by atoms with Crippen LogP contribution >= 0.6 is 0 Å². The van der Waals surface area contributed by atoms with Gasteiger partial charge in [-0.05, 0) is 39.7 Å². The molecule has 0 atom stereocenters. The molecule has 0 rings (SSSR count). The average Bonchev–Trinajstić information content (AvgIpc) is 2.27. The van der Waals surface area contributed by atoms with E-state index in [1.807, 2.05) is 13.8 Å². The quantitative estimate of drug-likeness (QED) is 0.510. The average molecular weight is 244 g/mol. The van der Waals surface area contributed by atoms with Crippen molar-refractivity contribution in [3.63, 3.8) is 0 Å². The van der Waals surface area contributed by atoms with Crippen LogP contribution in [-0.4, -0.2) is 36.2 Å². The summed E-state index contributed by atoms with van der Waals surface area (Å²) in [6.45, 7) is 7.66. The lowest BCUT2D eigenvalue weighted by Gasteiger charge is -2.24. The minimum atomic E-state index is -0.111. The first-order valence-electron chi connectivity index (χ1n) is 6.64. The van der Waals surface area contributed by atoms with Crippen molar-refractivity contribution in [3.05, 3.63) is 0 Å². The third-order valence-corrected chi connectivity index (χ3v) is 2.91. The summed E-state index contributed by atoms with van der Waals surface area (Å²) in [6, 6.07) is 0. The molecule has 0 saturated carbocycles. The molecule has 0 radical (unpaired) electrons. The van der Waals surface area contributed by atoms with Gasteiger partial charge in [-0.25, -0.2) is 0 Å². The Bertz CT molecular complexity index is 206. The van der Waals surface area contributed by atoms with Crippen molar-refractivity contribution < 1.29 is 9.90 Å². The third-order valence-electron chi connectivity index (χ3n) is 2.91. The van der Waals surface area contributed by atoms with Gasteiger partial charge >= 0.3 is 0 Å². The number of aliphatic hydroxyl groups excluding tert-OH is 1. The van der Waals surface area contributed by atoms with Gasteiger partial charge < -0.3 is 15.7 Å². The summed E-state index contributed by atoms with van der Waals surface area (Å²) >= 11 is 0. The summed E-state index contributed by atoms with van der Waals surface area (Å²) in [4.78, 5) is 11.5. The van der Waals surface area contributed by atoms with E-state index in [-0.39, 0.29) is 18.1 Å². The van der Waals surface area contributed by atoms with Gasteiger partial charge in [0.15, 0.2) is 0 Å². The number of aliphatic hydroxyl groups is 1. The molecule has 0 bridgehead atoms. The summed E-state index contributed by atoms with van der Waals surface area (Å²) < 4.78 is 0. The van der Waals surface area contributed by atoms with Crippen LogP contribution in [0, 0.1) is 0 Å². The number of hydrogen-bond donors (Lipinski definition) is 3. The standard InChI is InChI=1S/C13H28N2O2/c1-4-13(2,3)15-12(17)11-14-9-7-5-6-8-10-16/h14,16H,4-11H2,1-3H3,(H,15,17). The highest BCUT2D eigenvalue weighted by atomic mass is 16.2. The van der Waals surface area contributed by atoms with Crippen LogP contribution < -0.4 is 10.6 Å². The van der Waals surface area contributed by atoms with E-state index in [1.54, 1.807) is 0 Å². The van der Waals surface area contributed by atoms with Crippen molar-refractivity contribution in [2.45, 2.75) is 58.4 Å². The van der Waals surface area contributed by atoms with E-state index in [0.717, 1.165) is 38.6 Å². The molecule has 0 spiro atoms. The van der Waals surface area contributed by atoms with Gasteiger partial charge in [-0.1, -0.05) is 19.8 Å². The molecule has 0 aliphatic rings. The van der Waals surface area contributed by atoms with Gasteiger partial charge in [0, 0.05) is 12.1 Å². The molecule has 0 heterocycles. The predicted octanol–water partition coefficient (Wildman–Crippen LogP) is 1.43. The molecule has 0 aliphatic heterocycles. The van der Waals surface area contributed by atoms with E-state index in [2.05, 4.69) is 17.6 Å². The number of nitrogens with one attached hydrogen (secondary N) is 2. The van der Waals surface area contributed by atoms with E-state index in [0.29, 0.717) is 6.54 Å². The highest BCUT2D eigenvalue weighted by molar-refractivity contribution is 5.78. The summed E-state index contributed by atoms with van der Waals surface area (Å²) in [7, 11) is 0. The maximum Gasteiger partial charge on any atom is 0.234 e. The number of hydrogen-bond acceptors (Lipinski definition) is 3. The van der Waals surface area contributed by atoms with Gasteiger partial charge in [0.2, 0.25) is 5.91 Å². The molecule has 3 N–H and O–H groups in total. The molecule has 0 aromatic rings. The lowest BCUT2D eigenvalue weighted by atomic mass is 10.0. The van der Waals surface area contributed by atoms with Crippen LogP contribution in [0.2, 0.25) is 0 Å². The topological polar surface area (TPSA) is 61.4 Å². The van der Waals surface area contributed by atoms with Crippen LogP contribution in [-0.2, 0) is 4.79 Å². The molecule has 0 fully saturated rings. The van der Waals surface area contributed by atoms with Crippen LogP contribution in [0.1, 0.15) is 52.9 Å². The molecule has 102 valence electrons. The van der Waals surface area contributed by atoms with Crippen LogP contribution in [0.25, 0.3) is 0 Å². The van der Waals surface area contributed by atoms with Crippen molar-refractivity contribution in [1.29, 1.82) is 0 Å². The fourth-order valence-electron chi connectivity index (χ4n) is 1.43. The Balaban J connectivity index is 3.40. The third kappa shape index (κ3) is 10.3. The zero-order valence-corrected chi connectivity index (χ0v) is 11.5. The first-order valence-corrected chi connectivity index (χ1v) is 6.64. The minimum absolute atomic E-state index is 0.0622. The number of amides is 1. The predicted molar refractivity (Wildman–Crippen MR) is 70.9 cm³/mol. The molecule has 17 heavy (non-hydrogen) atoms. The second kappa shape index (κ2) is 9.42. The van der Waals surface area contributed by atoms with E-state index in [9.17, 15) is 4.79 Å². The van der Waals surface area contributed by atoms with Crippen molar-refractivity contribution >= 4 is 5.91 Å². The Morgan fingerprint density at radius 3 is 2.41 bits per heavy atom. The molecule has 0 aromatic carbocycles. The summed E-state index contributed by atoms with van der Waals surface area (Å²) in [5.41, 5.74) is -0.111. The largest absolute Gasteiger partial charge is 0.396 e. The summed E-state index contributed by atoms with van der Waals surface area (Å²) in [6.07, 6.45) is 5.04. The molecule has 0 aromatic heterocycles. The van der Waals surface area contributed by atoms with Gasteiger partial charge in [0.1, 0.15) is 0 Å². The van der Waals surface area contributed by atoms with Gasteiger partial charge in [-0.15, -0.1) is 0 Å². The molecule has 0 unspecified atom stereocenters. The Hall–Kier alpha value is -0.610. The number of carbonyl (C=O) groups excluding carboxylic acids is 1. The monoisotopic (exact) mass is 244 g/mol. The maximum atomic E-state index is 11.5. The number of unbranched alkanes of at least 4 members (excludes halogenated alkanes) is 3. The fourth-order valence-corrected chi connectivity index (χ4v) is 1.43. The van der Waals surface area contributed by atoms with Crippen molar-refractivity contribution in [1.82, 2.24) is 10.6 Å². The molecule has 1 amide bonds. The van der Waals surface area contributed by atoms with Crippen LogP contribution in [0.3, 0.4) is 0 Å². The lowest BCUT2D eigenvalue weighted by Crippen LogP contribution is -2.46. The number of carbonyl (C=O) groups is 1. The SMILES string of the molecule is CCC(C)(C)NC(=O)CNCCCCCCO. The van der Waals surface area contributed by atoms with Gasteiger partial charge in [0.25, 0.3) is 0 Å². The number of rotatable bonds is 10. The Labute approximate surface area is 105 Å². The first kappa shape index (κ1) is 16.4. The second-order valence-electron chi connectivity index (χ2n) is 5.10. The second-order valence-corrected chi connectivity index (χ2v) is 5.10. The van der Waals surface area contributed by atoms with Crippen molar-refractivity contribution in [3.8, 4) is 0 Å². The van der Waals surface area contributed by atoms with E-state index < -0.39 is 0 Å². The Kier molecular flexibility index (Phi) is 9.09. The fraction of sp³-hybridized carbons (Fsp3) is 0.923. The normalized spacial score (nSPS) is 11.5. The smallest absolute Gasteiger partial charge is 0.234 e. The summed E-state index contributed by atoms with van der Waals surface area (Å²) in [5, 5.41) is 14.7. The molecule has 4 nitrogen and oxygen atoms in total. The van der Waals surface area contributed by atoms with Crippen molar-refractivity contribution in [2.75, 3.05) is 19.7 Å². The Morgan fingerprint density at radius 1 is 1.18 bits per heavy atom.